The maximum absolute atomic E-state index is 12.7. The summed E-state index contributed by atoms with van der Waals surface area (Å²) in [5, 5.41) is 8.62. The molecule has 0 aliphatic carbocycles. The van der Waals surface area contributed by atoms with E-state index in [1.54, 1.807) is 0 Å². The number of nitrogens with zero attached hydrogens (tertiary/aromatic N) is 2. The molecule has 1 aliphatic rings. The Labute approximate surface area is 165 Å². The first-order chi connectivity index (χ1) is 13.4. The minimum Gasteiger partial charge on any atom is -0.451 e. The van der Waals surface area contributed by atoms with Crippen molar-refractivity contribution < 1.29 is 27.5 Å². The van der Waals surface area contributed by atoms with Crippen LogP contribution in [0.4, 0.5) is 5.69 Å². The third kappa shape index (κ3) is 4.68. The smallest absolute Gasteiger partial charge is 0.356 e. The molecule has 28 heavy (non-hydrogen) atoms. The van der Waals surface area contributed by atoms with E-state index in [4.69, 9.17) is 21.1 Å². The lowest BCUT2D eigenvalue weighted by Gasteiger charge is -2.26. The average molecular weight is 429 g/mol. The second kappa shape index (κ2) is 8.69. The fourth-order valence-corrected chi connectivity index (χ4v) is 4.06. The van der Waals surface area contributed by atoms with Crippen LogP contribution in [-0.2, 0) is 24.3 Å². The van der Waals surface area contributed by atoms with Gasteiger partial charge in [0.15, 0.2) is 6.61 Å². The second-order valence-electron chi connectivity index (χ2n) is 5.75. The lowest BCUT2D eigenvalue weighted by atomic mass is 10.3. The molecular weight excluding hydrogens is 412 g/mol. The second-order valence-corrected chi connectivity index (χ2v) is 8.10. The number of amides is 1. The van der Waals surface area contributed by atoms with Crippen LogP contribution in [0, 0.1) is 0 Å². The van der Waals surface area contributed by atoms with Crippen molar-refractivity contribution in [1.82, 2.24) is 14.5 Å². The summed E-state index contributed by atoms with van der Waals surface area (Å²) < 4.78 is 36.8. The minimum atomic E-state index is -3.75. The van der Waals surface area contributed by atoms with E-state index in [2.05, 4.69) is 15.5 Å². The van der Waals surface area contributed by atoms with Crippen LogP contribution in [0.2, 0.25) is 5.02 Å². The van der Waals surface area contributed by atoms with Gasteiger partial charge in [-0.1, -0.05) is 11.6 Å². The van der Waals surface area contributed by atoms with Gasteiger partial charge in [-0.3, -0.25) is 9.89 Å². The van der Waals surface area contributed by atoms with E-state index >= 15 is 0 Å². The number of aromatic nitrogens is 2. The summed E-state index contributed by atoms with van der Waals surface area (Å²) in [5.74, 6) is -1.42. The molecule has 2 aromatic rings. The summed E-state index contributed by atoms with van der Waals surface area (Å²) in [7, 11) is -3.75. The highest BCUT2D eigenvalue weighted by Gasteiger charge is 2.27. The zero-order valence-corrected chi connectivity index (χ0v) is 16.1. The summed E-state index contributed by atoms with van der Waals surface area (Å²) in [4.78, 5) is 23.7. The maximum atomic E-state index is 12.7. The number of ether oxygens (including phenoxy) is 2. The predicted octanol–water partition coefficient (Wildman–Crippen LogP) is 0.880. The van der Waals surface area contributed by atoms with Crippen LogP contribution < -0.4 is 5.32 Å². The third-order valence-corrected chi connectivity index (χ3v) is 6.10. The number of halogens is 1. The Bertz CT molecular complexity index is 958. The molecule has 2 heterocycles. The van der Waals surface area contributed by atoms with E-state index in [9.17, 15) is 18.0 Å². The lowest BCUT2D eigenvalue weighted by Crippen LogP contribution is -2.40. The molecule has 1 fully saturated rings. The number of hydrogen-bond acceptors (Lipinski definition) is 7. The molecule has 3 rings (SSSR count). The molecule has 0 radical (unpaired) electrons. The Kier molecular flexibility index (Phi) is 6.29. The largest absolute Gasteiger partial charge is 0.451 e. The Hall–Kier alpha value is -2.47. The van der Waals surface area contributed by atoms with Gasteiger partial charge in [0.05, 0.1) is 28.8 Å². The highest BCUT2D eigenvalue weighted by molar-refractivity contribution is 7.89. The van der Waals surface area contributed by atoms with Crippen molar-refractivity contribution in [2.45, 2.75) is 4.90 Å². The first kappa shape index (κ1) is 20.3. The SMILES string of the molecule is O=C(COC(=O)c1ccn[nH]1)Nc1cc(S(=O)(=O)N2CCOCC2)ccc1Cl. The highest BCUT2D eigenvalue weighted by atomic mass is 35.5. The van der Waals surface area contributed by atoms with Gasteiger partial charge in [0, 0.05) is 19.3 Å². The van der Waals surface area contributed by atoms with E-state index in [0.29, 0.717) is 13.2 Å². The van der Waals surface area contributed by atoms with Gasteiger partial charge < -0.3 is 14.8 Å². The van der Waals surface area contributed by atoms with Crippen molar-refractivity contribution in [3.63, 3.8) is 0 Å². The monoisotopic (exact) mass is 428 g/mol. The normalized spacial score (nSPS) is 15.2. The van der Waals surface area contributed by atoms with Gasteiger partial charge in [-0.15, -0.1) is 0 Å². The van der Waals surface area contributed by atoms with Crippen molar-refractivity contribution in [1.29, 1.82) is 0 Å². The third-order valence-electron chi connectivity index (χ3n) is 3.87. The number of carbonyl (C=O) groups is 2. The van der Waals surface area contributed by atoms with E-state index < -0.39 is 28.5 Å². The van der Waals surface area contributed by atoms with Gasteiger partial charge in [-0.2, -0.15) is 9.40 Å². The van der Waals surface area contributed by atoms with Crippen LogP contribution >= 0.6 is 11.6 Å². The van der Waals surface area contributed by atoms with Crippen molar-refractivity contribution in [3.8, 4) is 0 Å². The number of aromatic amines is 1. The molecular formula is C16H17ClN4O6S. The number of hydrogen-bond donors (Lipinski definition) is 2. The predicted molar refractivity (Wildman–Crippen MR) is 98.5 cm³/mol. The zero-order chi connectivity index (χ0) is 20.1. The van der Waals surface area contributed by atoms with Crippen LogP contribution in [0.15, 0.2) is 35.4 Å². The summed E-state index contributed by atoms with van der Waals surface area (Å²) in [6.45, 7) is 0.553. The zero-order valence-electron chi connectivity index (χ0n) is 14.6. The van der Waals surface area contributed by atoms with Crippen molar-refractivity contribution in [3.05, 3.63) is 41.2 Å². The first-order valence-corrected chi connectivity index (χ1v) is 10.0. The Morgan fingerprint density at radius 1 is 1.29 bits per heavy atom. The van der Waals surface area contributed by atoms with Gasteiger partial charge in [-0.25, -0.2) is 13.2 Å². The average Bonchev–Trinajstić information content (AvgIpc) is 3.23. The first-order valence-electron chi connectivity index (χ1n) is 8.22. The van der Waals surface area contributed by atoms with Gasteiger partial charge in [0.1, 0.15) is 5.69 Å². The highest BCUT2D eigenvalue weighted by Crippen LogP contribution is 2.27. The molecule has 150 valence electrons. The number of nitrogens with one attached hydrogen (secondary N) is 2. The van der Waals surface area contributed by atoms with E-state index in [-0.39, 0.29) is 34.4 Å². The summed E-state index contributed by atoms with van der Waals surface area (Å²) >= 11 is 6.06. The van der Waals surface area contributed by atoms with E-state index in [0.717, 1.165) is 0 Å². The molecule has 0 atom stereocenters. The molecule has 1 aromatic heterocycles. The van der Waals surface area contributed by atoms with Gasteiger partial charge in [-0.05, 0) is 24.3 Å². The molecule has 10 nitrogen and oxygen atoms in total. The minimum absolute atomic E-state index is 0.0106. The molecule has 12 heteroatoms. The maximum Gasteiger partial charge on any atom is 0.356 e. The van der Waals surface area contributed by atoms with Gasteiger partial charge in [0.2, 0.25) is 10.0 Å². The number of esters is 1. The van der Waals surface area contributed by atoms with Crippen molar-refractivity contribution in [2.75, 3.05) is 38.2 Å². The number of rotatable bonds is 6. The standard InChI is InChI=1S/C16H17ClN4O6S/c17-12-2-1-11(28(24,25)21-5-7-26-8-6-21)9-14(12)19-15(22)10-27-16(23)13-3-4-18-20-13/h1-4,9H,5-8,10H2,(H,18,20)(H,19,22). The van der Waals surface area contributed by atoms with Crippen LogP contribution in [0.3, 0.4) is 0 Å². The van der Waals surface area contributed by atoms with Crippen LogP contribution in [0.5, 0.6) is 0 Å². The molecule has 1 aromatic carbocycles. The topological polar surface area (TPSA) is 131 Å². The molecule has 0 bridgehead atoms. The molecule has 0 saturated carbocycles. The van der Waals surface area contributed by atoms with Crippen molar-refractivity contribution >= 4 is 39.2 Å². The summed E-state index contributed by atoms with van der Waals surface area (Å²) in [6, 6.07) is 5.40. The molecule has 1 aliphatic heterocycles. The number of carbonyl (C=O) groups excluding carboxylic acids is 2. The Balaban J connectivity index is 1.67. The quantitative estimate of drug-likeness (QED) is 0.653. The Morgan fingerprint density at radius 2 is 2.04 bits per heavy atom. The van der Waals surface area contributed by atoms with E-state index in [1.165, 1.54) is 34.8 Å². The molecule has 0 spiro atoms. The molecule has 1 amide bonds. The molecule has 2 N–H and O–H groups in total. The van der Waals surface area contributed by atoms with Crippen LogP contribution in [0.25, 0.3) is 0 Å². The van der Waals surface area contributed by atoms with Crippen LogP contribution in [0.1, 0.15) is 10.5 Å². The number of morpholine rings is 1. The van der Waals surface area contributed by atoms with E-state index in [1.807, 2.05) is 0 Å². The lowest BCUT2D eigenvalue weighted by molar-refractivity contribution is -0.119. The number of anilines is 1. The fraction of sp³-hybridized carbons (Fsp3) is 0.312. The molecule has 0 unspecified atom stereocenters. The van der Waals surface area contributed by atoms with Gasteiger partial charge >= 0.3 is 5.97 Å². The van der Waals surface area contributed by atoms with Gasteiger partial charge in [0.25, 0.3) is 5.91 Å². The number of sulfonamides is 1. The van der Waals surface area contributed by atoms with Crippen molar-refractivity contribution in [2.24, 2.45) is 0 Å². The number of H-pyrrole nitrogens is 1. The van der Waals surface area contributed by atoms with Crippen LogP contribution in [-0.4, -0.2) is 67.7 Å². The Morgan fingerprint density at radius 3 is 2.71 bits per heavy atom. The number of benzene rings is 1. The summed E-state index contributed by atoms with van der Waals surface area (Å²) in [5.41, 5.74) is 0.197. The summed E-state index contributed by atoms with van der Waals surface area (Å²) in [6.07, 6.45) is 1.37. The molecule has 1 saturated heterocycles. The fourth-order valence-electron chi connectivity index (χ4n) is 2.46.